The summed E-state index contributed by atoms with van der Waals surface area (Å²) in [6.45, 7) is 9.79. The second-order valence-corrected chi connectivity index (χ2v) is 11.0. The molecule has 0 aromatic carbocycles. The smallest absolute Gasteiger partial charge is 0.305 e. The van der Waals surface area contributed by atoms with Gasteiger partial charge in [0.1, 0.15) is 0 Å². The fraction of sp³-hybridized carbons (Fsp3) is 0.846. The fourth-order valence-electron chi connectivity index (χ4n) is 8.31. The molecular formula is C26H40O3. The highest BCUT2D eigenvalue weighted by atomic mass is 16.5. The molecule has 0 aliphatic heterocycles. The van der Waals surface area contributed by atoms with Gasteiger partial charge in [0.15, 0.2) is 5.78 Å². The summed E-state index contributed by atoms with van der Waals surface area (Å²) in [6.07, 6.45) is 13.1. The molecule has 3 fully saturated rings. The quantitative estimate of drug-likeness (QED) is 0.523. The van der Waals surface area contributed by atoms with Crippen LogP contribution >= 0.6 is 0 Å². The van der Waals surface area contributed by atoms with Crippen LogP contribution < -0.4 is 0 Å². The largest absolute Gasteiger partial charge is 0.466 e. The van der Waals surface area contributed by atoms with Crippen LogP contribution in [0.1, 0.15) is 91.9 Å². The van der Waals surface area contributed by atoms with Gasteiger partial charge in [0.05, 0.1) is 6.61 Å². The van der Waals surface area contributed by atoms with Gasteiger partial charge in [0, 0.05) is 12.8 Å². The monoisotopic (exact) mass is 400 g/mol. The van der Waals surface area contributed by atoms with E-state index >= 15 is 0 Å². The van der Waals surface area contributed by atoms with Crippen molar-refractivity contribution in [2.75, 3.05) is 6.61 Å². The molecule has 0 spiro atoms. The highest BCUT2D eigenvalue weighted by molar-refractivity contribution is 5.91. The van der Waals surface area contributed by atoms with Crippen LogP contribution in [0, 0.1) is 40.4 Å². The van der Waals surface area contributed by atoms with Crippen LogP contribution in [0.4, 0.5) is 0 Å². The minimum Gasteiger partial charge on any atom is -0.466 e. The van der Waals surface area contributed by atoms with Gasteiger partial charge in [0.25, 0.3) is 0 Å². The molecule has 0 N–H and O–H groups in total. The van der Waals surface area contributed by atoms with E-state index in [1.165, 1.54) is 37.7 Å². The van der Waals surface area contributed by atoms with E-state index in [0.29, 0.717) is 30.1 Å². The lowest BCUT2D eigenvalue weighted by Gasteiger charge is -2.58. The predicted molar refractivity (Wildman–Crippen MR) is 115 cm³/mol. The first-order valence-electron chi connectivity index (χ1n) is 12.2. The molecule has 162 valence electrons. The number of esters is 1. The molecule has 29 heavy (non-hydrogen) atoms. The Labute approximate surface area is 177 Å². The molecule has 0 heterocycles. The molecular weight excluding hydrogens is 360 g/mol. The molecule has 0 bridgehead atoms. The Morgan fingerprint density at radius 3 is 2.69 bits per heavy atom. The summed E-state index contributed by atoms with van der Waals surface area (Å²) in [6, 6.07) is 0. The Balaban J connectivity index is 1.48. The summed E-state index contributed by atoms with van der Waals surface area (Å²) in [5.41, 5.74) is 2.17. The maximum absolute atomic E-state index is 12.0. The standard InChI is InChI=1S/C26H40O3/c1-5-29-24(28)11-6-17(2)21-9-10-22-20-8-7-18-16-19(27)12-14-25(18,3)23(20)13-15-26(21,22)4/h16-17,20-23H,5-15H2,1-4H3/t17-,20-,21-,22+,23+,25-,26+/m0/s1. The maximum atomic E-state index is 12.0. The van der Waals surface area contributed by atoms with Crippen molar-refractivity contribution in [1.82, 2.24) is 0 Å². The predicted octanol–water partition coefficient (Wildman–Crippen LogP) is 6.11. The Kier molecular flexibility index (Phi) is 5.72. The van der Waals surface area contributed by atoms with E-state index < -0.39 is 0 Å². The van der Waals surface area contributed by atoms with Crippen LogP contribution in [-0.4, -0.2) is 18.4 Å². The molecule has 0 aromatic rings. The lowest BCUT2D eigenvalue weighted by Crippen LogP contribution is -2.51. The average molecular weight is 401 g/mol. The number of ketones is 1. The molecule has 4 aliphatic carbocycles. The number of carbonyl (C=O) groups excluding carboxylic acids is 2. The van der Waals surface area contributed by atoms with Gasteiger partial charge >= 0.3 is 5.97 Å². The zero-order chi connectivity index (χ0) is 20.8. The Morgan fingerprint density at radius 1 is 1.14 bits per heavy atom. The molecule has 0 unspecified atom stereocenters. The van der Waals surface area contributed by atoms with Gasteiger partial charge in [0.2, 0.25) is 0 Å². The molecule has 3 heteroatoms. The highest BCUT2D eigenvalue weighted by Gasteiger charge is 2.59. The van der Waals surface area contributed by atoms with Crippen molar-refractivity contribution < 1.29 is 14.3 Å². The Hall–Kier alpha value is -1.12. The SMILES string of the molecule is CCOC(=O)CC[C@H](C)[C@@H]1CC[C@@H]2[C@@H]3CCC4=CC(=O)CC[C@]4(C)[C@@H]3CC[C@@]21C. The summed E-state index contributed by atoms with van der Waals surface area (Å²) in [5.74, 6) is 4.07. The Bertz CT molecular complexity index is 694. The third kappa shape index (κ3) is 3.51. The van der Waals surface area contributed by atoms with Crippen LogP contribution in [0.5, 0.6) is 0 Å². The maximum Gasteiger partial charge on any atom is 0.305 e. The zero-order valence-corrected chi connectivity index (χ0v) is 19.0. The second-order valence-electron chi connectivity index (χ2n) is 11.0. The van der Waals surface area contributed by atoms with Gasteiger partial charge in [-0.25, -0.2) is 0 Å². The van der Waals surface area contributed by atoms with Crippen LogP contribution in [0.25, 0.3) is 0 Å². The number of hydrogen-bond acceptors (Lipinski definition) is 3. The van der Waals surface area contributed by atoms with E-state index in [-0.39, 0.29) is 11.4 Å². The average Bonchev–Trinajstić information content (AvgIpc) is 3.04. The summed E-state index contributed by atoms with van der Waals surface area (Å²) in [7, 11) is 0. The van der Waals surface area contributed by atoms with Crippen LogP contribution in [0.3, 0.4) is 0 Å². The minimum absolute atomic E-state index is 0.0332. The summed E-state index contributed by atoms with van der Waals surface area (Å²) >= 11 is 0. The minimum atomic E-state index is -0.0332. The van der Waals surface area contributed by atoms with E-state index in [4.69, 9.17) is 4.74 Å². The molecule has 4 rings (SSSR count). The lowest BCUT2D eigenvalue weighted by molar-refractivity contribution is -0.143. The van der Waals surface area contributed by atoms with E-state index in [1.54, 1.807) is 0 Å². The summed E-state index contributed by atoms with van der Waals surface area (Å²) in [5, 5.41) is 0. The van der Waals surface area contributed by atoms with Crippen molar-refractivity contribution in [2.24, 2.45) is 40.4 Å². The van der Waals surface area contributed by atoms with Crippen molar-refractivity contribution >= 4 is 11.8 Å². The number of ether oxygens (including phenoxy) is 1. The molecule has 7 atom stereocenters. The van der Waals surface area contributed by atoms with Crippen LogP contribution in [0.15, 0.2) is 11.6 Å². The number of rotatable bonds is 5. The molecule has 3 saturated carbocycles. The number of fused-ring (bicyclic) bond motifs is 5. The highest BCUT2D eigenvalue weighted by Crippen LogP contribution is 2.67. The van der Waals surface area contributed by atoms with E-state index in [2.05, 4.69) is 20.8 Å². The molecule has 3 nitrogen and oxygen atoms in total. The molecule has 0 saturated heterocycles. The van der Waals surface area contributed by atoms with Gasteiger partial charge in [-0.3, -0.25) is 9.59 Å². The number of carbonyl (C=O) groups is 2. The number of allylic oxidation sites excluding steroid dienone is 1. The van der Waals surface area contributed by atoms with E-state index in [9.17, 15) is 9.59 Å². The zero-order valence-electron chi connectivity index (χ0n) is 19.0. The molecule has 4 aliphatic rings. The first-order valence-corrected chi connectivity index (χ1v) is 12.2. The topological polar surface area (TPSA) is 43.4 Å². The van der Waals surface area contributed by atoms with Crippen LogP contribution in [0.2, 0.25) is 0 Å². The first-order chi connectivity index (χ1) is 13.8. The Morgan fingerprint density at radius 2 is 1.93 bits per heavy atom. The van der Waals surface area contributed by atoms with Gasteiger partial charge in [-0.15, -0.1) is 0 Å². The molecule has 0 aromatic heterocycles. The first kappa shape index (κ1) is 21.1. The van der Waals surface area contributed by atoms with E-state index in [0.717, 1.165) is 49.4 Å². The summed E-state index contributed by atoms with van der Waals surface area (Å²) < 4.78 is 5.16. The van der Waals surface area contributed by atoms with Crippen molar-refractivity contribution in [1.29, 1.82) is 0 Å². The fourth-order valence-corrected chi connectivity index (χ4v) is 8.31. The third-order valence-electron chi connectivity index (χ3n) is 9.83. The van der Waals surface area contributed by atoms with Crippen molar-refractivity contribution in [2.45, 2.75) is 91.9 Å². The molecule has 0 radical (unpaired) electrons. The van der Waals surface area contributed by atoms with Gasteiger partial charge < -0.3 is 4.74 Å². The van der Waals surface area contributed by atoms with E-state index in [1.807, 2.05) is 13.0 Å². The van der Waals surface area contributed by atoms with Gasteiger partial charge in [-0.05, 0) is 105 Å². The van der Waals surface area contributed by atoms with Gasteiger partial charge in [-0.2, -0.15) is 0 Å². The third-order valence-corrected chi connectivity index (χ3v) is 9.83. The normalized spacial score (nSPS) is 42.3. The number of hydrogen-bond donors (Lipinski definition) is 0. The summed E-state index contributed by atoms with van der Waals surface area (Å²) in [4.78, 5) is 23.9. The van der Waals surface area contributed by atoms with Crippen molar-refractivity contribution in [3.05, 3.63) is 11.6 Å². The van der Waals surface area contributed by atoms with Crippen molar-refractivity contribution in [3.8, 4) is 0 Å². The van der Waals surface area contributed by atoms with Gasteiger partial charge in [-0.1, -0.05) is 26.3 Å². The van der Waals surface area contributed by atoms with Crippen LogP contribution in [-0.2, 0) is 14.3 Å². The molecule has 0 amide bonds. The van der Waals surface area contributed by atoms with Crippen molar-refractivity contribution in [3.63, 3.8) is 0 Å². The lowest BCUT2D eigenvalue weighted by atomic mass is 9.46. The second kappa shape index (κ2) is 7.85.